The first-order valence-corrected chi connectivity index (χ1v) is 8.34. The van der Waals surface area contributed by atoms with E-state index in [0.717, 1.165) is 18.5 Å². The molecule has 0 spiro atoms. The highest BCUT2D eigenvalue weighted by Gasteiger charge is 2.38. The fraction of sp³-hybridized carbons (Fsp3) is 0.471. The van der Waals surface area contributed by atoms with E-state index in [-0.39, 0.29) is 5.54 Å². The Morgan fingerprint density at radius 1 is 1.30 bits per heavy atom. The van der Waals surface area contributed by atoms with E-state index in [1.807, 2.05) is 0 Å². The second-order valence-electron chi connectivity index (χ2n) is 5.81. The average molecular weight is 286 g/mol. The molecule has 1 unspecified atom stereocenters. The molecule has 1 aliphatic carbocycles. The largest absolute Gasteiger partial charge is 0.302 e. The van der Waals surface area contributed by atoms with Crippen LogP contribution >= 0.6 is 11.3 Å². The molecule has 1 atom stereocenters. The normalized spacial score (nSPS) is 17.9. The van der Waals surface area contributed by atoms with Crippen LogP contribution in [0.2, 0.25) is 0 Å². The summed E-state index contributed by atoms with van der Waals surface area (Å²) in [5.74, 6) is 0. The van der Waals surface area contributed by atoms with Gasteiger partial charge in [0.25, 0.3) is 0 Å². The summed E-state index contributed by atoms with van der Waals surface area (Å²) in [4.78, 5) is 4.79. The van der Waals surface area contributed by atoms with Crippen LogP contribution in [0, 0.1) is 6.92 Å². The molecule has 106 valence electrons. The second-order valence-corrected chi connectivity index (χ2v) is 6.67. The van der Waals surface area contributed by atoms with Gasteiger partial charge >= 0.3 is 0 Å². The van der Waals surface area contributed by atoms with Crippen molar-refractivity contribution < 1.29 is 0 Å². The Balaban J connectivity index is 1.92. The molecule has 0 bridgehead atoms. The minimum Gasteiger partial charge on any atom is -0.302 e. The third-order valence-electron chi connectivity index (χ3n) is 4.04. The lowest BCUT2D eigenvalue weighted by molar-refractivity contribution is 0.311. The standard InChI is InChI=1S/C17H22N2S/c1-3-17(19-15-9-10-15,16-18-13(2)12-20-16)11-14-7-5-4-6-8-14/h4-8,12,15,19H,3,9-11H2,1-2H3. The van der Waals surface area contributed by atoms with Crippen molar-refractivity contribution in [3.8, 4) is 0 Å². The number of aromatic nitrogens is 1. The Hall–Kier alpha value is -1.19. The van der Waals surface area contributed by atoms with Crippen LogP contribution in [0.1, 0.15) is 42.5 Å². The molecule has 0 radical (unpaired) electrons. The predicted molar refractivity (Wildman–Crippen MR) is 85.1 cm³/mol. The van der Waals surface area contributed by atoms with Gasteiger partial charge in [0.2, 0.25) is 0 Å². The highest BCUT2D eigenvalue weighted by atomic mass is 32.1. The first-order chi connectivity index (χ1) is 9.72. The van der Waals surface area contributed by atoms with E-state index >= 15 is 0 Å². The van der Waals surface area contributed by atoms with Gasteiger partial charge < -0.3 is 5.32 Å². The highest BCUT2D eigenvalue weighted by molar-refractivity contribution is 7.09. The lowest BCUT2D eigenvalue weighted by Gasteiger charge is -2.32. The molecule has 20 heavy (non-hydrogen) atoms. The number of hydrogen-bond donors (Lipinski definition) is 1. The van der Waals surface area contributed by atoms with E-state index in [2.05, 4.69) is 54.9 Å². The minimum atomic E-state index is 0.00144. The maximum atomic E-state index is 4.79. The summed E-state index contributed by atoms with van der Waals surface area (Å²) in [6, 6.07) is 11.5. The molecule has 0 amide bonds. The number of aryl methyl sites for hydroxylation is 1. The Bertz CT molecular complexity index is 559. The van der Waals surface area contributed by atoms with Crippen LogP contribution in [0.3, 0.4) is 0 Å². The Kier molecular flexibility index (Phi) is 3.90. The van der Waals surface area contributed by atoms with Crippen molar-refractivity contribution in [1.29, 1.82) is 0 Å². The fourth-order valence-corrected chi connectivity index (χ4v) is 3.74. The summed E-state index contributed by atoms with van der Waals surface area (Å²) in [7, 11) is 0. The quantitative estimate of drug-likeness (QED) is 0.866. The zero-order chi connectivity index (χ0) is 14.0. The van der Waals surface area contributed by atoms with Crippen molar-refractivity contribution >= 4 is 11.3 Å². The van der Waals surface area contributed by atoms with Crippen molar-refractivity contribution in [1.82, 2.24) is 10.3 Å². The smallest absolute Gasteiger partial charge is 0.113 e. The number of benzene rings is 1. The van der Waals surface area contributed by atoms with Crippen molar-refractivity contribution in [2.24, 2.45) is 0 Å². The van der Waals surface area contributed by atoms with E-state index in [1.54, 1.807) is 11.3 Å². The molecule has 1 aromatic carbocycles. The maximum absolute atomic E-state index is 4.79. The Morgan fingerprint density at radius 2 is 2.05 bits per heavy atom. The summed E-state index contributed by atoms with van der Waals surface area (Å²) < 4.78 is 0. The van der Waals surface area contributed by atoms with Gasteiger partial charge in [-0.05, 0) is 38.2 Å². The number of nitrogens with one attached hydrogen (secondary N) is 1. The van der Waals surface area contributed by atoms with Crippen LogP contribution < -0.4 is 5.32 Å². The summed E-state index contributed by atoms with van der Waals surface area (Å²) >= 11 is 1.80. The number of hydrogen-bond acceptors (Lipinski definition) is 3. The lowest BCUT2D eigenvalue weighted by Crippen LogP contribution is -2.45. The first-order valence-electron chi connectivity index (χ1n) is 7.46. The minimum absolute atomic E-state index is 0.00144. The van der Waals surface area contributed by atoms with E-state index in [0.29, 0.717) is 6.04 Å². The van der Waals surface area contributed by atoms with Crippen molar-refractivity contribution in [2.45, 2.75) is 51.1 Å². The van der Waals surface area contributed by atoms with Crippen LogP contribution in [0.25, 0.3) is 0 Å². The SMILES string of the molecule is CCC(Cc1ccccc1)(NC1CC1)c1nc(C)cs1. The van der Waals surface area contributed by atoms with Crippen LogP contribution in [-0.2, 0) is 12.0 Å². The molecule has 1 aliphatic rings. The van der Waals surface area contributed by atoms with Gasteiger partial charge in [0.15, 0.2) is 0 Å². The van der Waals surface area contributed by atoms with Gasteiger partial charge in [-0.1, -0.05) is 37.3 Å². The summed E-state index contributed by atoms with van der Waals surface area (Å²) in [6.45, 7) is 4.36. The number of thiazole rings is 1. The third kappa shape index (κ3) is 2.94. The van der Waals surface area contributed by atoms with Gasteiger partial charge in [0.05, 0.1) is 5.54 Å². The van der Waals surface area contributed by atoms with E-state index < -0.39 is 0 Å². The molecule has 0 saturated heterocycles. The molecule has 1 fully saturated rings. The molecule has 0 aliphatic heterocycles. The summed E-state index contributed by atoms with van der Waals surface area (Å²) in [5.41, 5.74) is 2.52. The fourth-order valence-electron chi connectivity index (χ4n) is 2.70. The number of rotatable bonds is 6. The van der Waals surface area contributed by atoms with E-state index in [9.17, 15) is 0 Å². The Labute approximate surface area is 125 Å². The summed E-state index contributed by atoms with van der Waals surface area (Å²) in [6.07, 6.45) is 4.71. The Morgan fingerprint density at radius 3 is 2.60 bits per heavy atom. The molecule has 1 heterocycles. The van der Waals surface area contributed by atoms with Gasteiger partial charge in [0.1, 0.15) is 5.01 Å². The lowest BCUT2D eigenvalue weighted by atomic mass is 9.88. The van der Waals surface area contributed by atoms with Crippen molar-refractivity contribution in [3.63, 3.8) is 0 Å². The van der Waals surface area contributed by atoms with Gasteiger partial charge in [-0.15, -0.1) is 11.3 Å². The average Bonchev–Trinajstić information content (AvgIpc) is 3.17. The van der Waals surface area contributed by atoms with Crippen molar-refractivity contribution in [3.05, 3.63) is 52.0 Å². The topological polar surface area (TPSA) is 24.9 Å². The van der Waals surface area contributed by atoms with Crippen LogP contribution in [0.5, 0.6) is 0 Å². The first kappa shape index (κ1) is 13.8. The highest BCUT2D eigenvalue weighted by Crippen LogP contribution is 2.35. The molecule has 2 nitrogen and oxygen atoms in total. The van der Waals surface area contributed by atoms with Crippen molar-refractivity contribution in [2.75, 3.05) is 0 Å². The predicted octanol–water partition coefficient (Wildman–Crippen LogP) is 4.05. The van der Waals surface area contributed by atoms with E-state index in [1.165, 1.54) is 23.4 Å². The number of nitrogens with zero attached hydrogens (tertiary/aromatic N) is 1. The monoisotopic (exact) mass is 286 g/mol. The zero-order valence-electron chi connectivity index (χ0n) is 12.2. The van der Waals surface area contributed by atoms with Gasteiger partial charge in [-0.2, -0.15) is 0 Å². The molecule has 3 rings (SSSR count). The van der Waals surface area contributed by atoms with Gasteiger partial charge in [0, 0.05) is 17.1 Å². The molecular formula is C17H22N2S. The molecular weight excluding hydrogens is 264 g/mol. The van der Waals surface area contributed by atoms with Crippen LogP contribution in [-0.4, -0.2) is 11.0 Å². The van der Waals surface area contributed by atoms with E-state index in [4.69, 9.17) is 4.98 Å². The van der Waals surface area contributed by atoms with Gasteiger partial charge in [-0.3, -0.25) is 0 Å². The zero-order valence-corrected chi connectivity index (χ0v) is 13.0. The van der Waals surface area contributed by atoms with Crippen LogP contribution in [0.4, 0.5) is 0 Å². The maximum Gasteiger partial charge on any atom is 0.113 e. The van der Waals surface area contributed by atoms with Gasteiger partial charge in [-0.25, -0.2) is 4.98 Å². The third-order valence-corrected chi connectivity index (χ3v) is 5.20. The molecule has 1 N–H and O–H groups in total. The summed E-state index contributed by atoms with van der Waals surface area (Å²) in [5, 5.41) is 7.29. The molecule has 2 aromatic rings. The molecule has 1 saturated carbocycles. The second kappa shape index (κ2) is 5.66. The molecule has 3 heteroatoms. The van der Waals surface area contributed by atoms with Crippen LogP contribution in [0.15, 0.2) is 35.7 Å². The molecule has 1 aromatic heterocycles.